The fourth-order valence-corrected chi connectivity index (χ4v) is 3.10. The zero-order valence-corrected chi connectivity index (χ0v) is 14.1. The van der Waals surface area contributed by atoms with E-state index in [0.29, 0.717) is 18.8 Å². The van der Waals surface area contributed by atoms with E-state index in [0.717, 1.165) is 11.1 Å². The van der Waals surface area contributed by atoms with Crippen LogP contribution >= 0.6 is 0 Å². The summed E-state index contributed by atoms with van der Waals surface area (Å²) >= 11 is 0. The van der Waals surface area contributed by atoms with Crippen molar-refractivity contribution in [1.82, 2.24) is 10.2 Å². The second kappa shape index (κ2) is 7.53. The lowest BCUT2D eigenvalue weighted by molar-refractivity contribution is -0.129. The van der Waals surface area contributed by atoms with Crippen molar-refractivity contribution in [2.45, 2.75) is 26.0 Å². The van der Waals surface area contributed by atoms with Crippen LogP contribution in [0.25, 0.3) is 0 Å². The molecule has 1 aliphatic rings. The lowest BCUT2D eigenvalue weighted by Gasteiger charge is -2.17. The summed E-state index contributed by atoms with van der Waals surface area (Å²) in [5.41, 5.74) is 1.77. The summed E-state index contributed by atoms with van der Waals surface area (Å²) in [5.74, 6) is 0.0369. The normalized spacial score (nSPS) is 18.4. The monoisotopic (exact) mass is 342 g/mol. The first kappa shape index (κ1) is 17.2. The molecule has 0 saturated carbocycles. The highest BCUT2D eigenvalue weighted by molar-refractivity contribution is 5.89. The van der Waals surface area contributed by atoms with Gasteiger partial charge in [-0.15, -0.1) is 0 Å². The van der Waals surface area contributed by atoms with Crippen LogP contribution in [0.4, 0.5) is 0 Å². The summed E-state index contributed by atoms with van der Waals surface area (Å²) < 4.78 is 5.25. The average molecular weight is 342 g/mol. The fraction of sp³-hybridized carbons (Fsp3) is 0.368. The number of carbonyl (C=O) groups is 2. The van der Waals surface area contributed by atoms with Crippen LogP contribution in [0.15, 0.2) is 47.1 Å². The van der Waals surface area contributed by atoms with E-state index in [1.165, 1.54) is 0 Å². The number of benzene rings is 1. The standard InChI is InChI=1S/C19H22N2O4/c1-13-5-2-3-7-16(13)17(22)10-20-19(24)14-9-18(23)21(11-14)12-15-6-4-8-25-15/h2-8,14,17,22H,9-12H2,1H3,(H,20,24). The number of nitrogens with zero attached hydrogens (tertiary/aromatic N) is 1. The molecule has 0 radical (unpaired) electrons. The minimum absolute atomic E-state index is 0.0593. The molecule has 3 rings (SSSR count). The molecule has 1 aromatic carbocycles. The van der Waals surface area contributed by atoms with Crippen molar-refractivity contribution in [3.05, 3.63) is 59.5 Å². The molecule has 25 heavy (non-hydrogen) atoms. The number of amides is 2. The number of carbonyl (C=O) groups excluding carboxylic acids is 2. The number of hydrogen-bond acceptors (Lipinski definition) is 4. The zero-order chi connectivity index (χ0) is 17.8. The smallest absolute Gasteiger partial charge is 0.225 e. The molecule has 2 N–H and O–H groups in total. The van der Waals surface area contributed by atoms with Gasteiger partial charge in [-0.2, -0.15) is 0 Å². The second-order valence-electron chi connectivity index (χ2n) is 6.37. The maximum absolute atomic E-state index is 12.3. The van der Waals surface area contributed by atoms with Gasteiger partial charge in [0.25, 0.3) is 0 Å². The molecule has 1 aliphatic heterocycles. The Labute approximate surface area is 146 Å². The van der Waals surface area contributed by atoms with Crippen molar-refractivity contribution in [3.63, 3.8) is 0 Å². The van der Waals surface area contributed by atoms with Crippen molar-refractivity contribution < 1.29 is 19.1 Å². The summed E-state index contributed by atoms with van der Waals surface area (Å²) in [5, 5.41) is 13.0. The number of nitrogens with one attached hydrogen (secondary N) is 1. The van der Waals surface area contributed by atoms with Crippen molar-refractivity contribution in [3.8, 4) is 0 Å². The van der Waals surface area contributed by atoms with Crippen LogP contribution in [0, 0.1) is 12.8 Å². The first-order chi connectivity index (χ1) is 12.0. The number of hydrogen-bond donors (Lipinski definition) is 2. The van der Waals surface area contributed by atoms with E-state index >= 15 is 0 Å². The Morgan fingerprint density at radius 2 is 2.16 bits per heavy atom. The molecule has 0 spiro atoms. The topological polar surface area (TPSA) is 82.8 Å². The molecule has 1 fully saturated rings. The minimum atomic E-state index is -0.763. The molecule has 1 aromatic heterocycles. The maximum Gasteiger partial charge on any atom is 0.225 e. The van der Waals surface area contributed by atoms with Gasteiger partial charge in [0.2, 0.25) is 11.8 Å². The van der Waals surface area contributed by atoms with Gasteiger partial charge in [0, 0.05) is 19.5 Å². The van der Waals surface area contributed by atoms with Crippen molar-refractivity contribution >= 4 is 11.8 Å². The molecule has 6 nitrogen and oxygen atoms in total. The summed E-state index contributed by atoms with van der Waals surface area (Å²) in [7, 11) is 0. The molecule has 6 heteroatoms. The molecule has 2 aromatic rings. The quantitative estimate of drug-likeness (QED) is 0.838. The van der Waals surface area contributed by atoms with Crippen LogP contribution in [0.3, 0.4) is 0 Å². The van der Waals surface area contributed by atoms with Gasteiger partial charge >= 0.3 is 0 Å². The molecule has 0 aliphatic carbocycles. The maximum atomic E-state index is 12.3. The molecular weight excluding hydrogens is 320 g/mol. The van der Waals surface area contributed by atoms with Crippen LogP contribution in [0.5, 0.6) is 0 Å². The molecular formula is C19H22N2O4. The van der Waals surface area contributed by atoms with E-state index in [1.54, 1.807) is 23.3 Å². The lowest BCUT2D eigenvalue weighted by atomic mass is 10.0. The Balaban J connectivity index is 1.52. The van der Waals surface area contributed by atoms with Gasteiger partial charge in [0.05, 0.1) is 24.8 Å². The van der Waals surface area contributed by atoms with Crippen LogP contribution < -0.4 is 5.32 Å². The van der Waals surface area contributed by atoms with E-state index in [1.807, 2.05) is 31.2 Å². The number of aryl methyl sites for hydroxylation is 1. The van der Waals surface area contributed by atoms with Gasteiger partial charge in [-0.25, -0.2) is 0 Å². The number of rotatable bonds is 6. The van der Waals surface area contributed by atoms with Gasteiger partial charge in [-0.1, -0.05) is 24.3 Å². The molecule has 132 valence electrons. The fourth-order valence-electron chi connectivity index (χ4n) is 3.10. The van der Waals surface area contributed by atoms with Crippen molar-refractivity contribution in [1.29, 1.82) is 0 Å². The Morgan fingerprint density at radius 3 is 2.88 bits per heavy atom. The summed E-state index contributed by atoms with van der Waals surface area (Å²) in [4.78, 5) is 26.0. The number of aliphatic hydroxyl groups is 1. The number of aliphatic hydroxyl groups excluding tert-OH is 1. The van der Waals surface area contributed by atoms with Crippen LogP contribution in [0.2, 0.25) is 0 Å². The van der Waals surface area contributed by atoms with E-state index < -0.39 is 12.0 Å². The Hall–Kier alpha value is -2.60. The number of furan rings is 1. The molecule has 2 heterocycles. The molecule has 2 atom stereocenters. The van der Waals surface area contributed by atoms with Gasteiger partial charge in [0.1, 0.15) is 5.76 Å². The van der Waals surface area contributed by atoms with Crippen LogP contribution in [-0.4, -0.2) is 34.9 Å². The molecule has 0 bridgehead atoms. The van der Waals surface area contributed by atoms with Gasteiger partial charge < -0.3 is 19.7 Å². The van der Waals surface area contributed by atoms with Crippen LogP contribution in [-0.2, 0) is 16.1 Å². The van der Waals surface area contributed by atoms with E-state index in [9.17, 15) is 14.7 Å². The largest absolute Gasteiger partial charge is 0.467 e. The van der Waals surface area contributed by atoms with E-state index in [-0.39, 0.29) is 24.8 Å². The third-order valence-electron chi connectivity index (χ3n) is 4.53. The predicted molar refractivity (Wildman–Crippen MR) is 91.4 cm³/mol. The van der Waals surface area contributed by atoms with E-state index in [2.05, 4.69) is 5.32 Å². The van der Waals surface area contributed by atoms with Gasteiger partial charge in [-0.05, 0) is 30.2 Å². The zero-order valence-electron chi connectivity index (χ0n) is 14.1. The second-order valence-corrected chi connectivity index (χ2v) is 6.37. The minimum Gasteiger partial charge on any atom is -0.467 e. The summed E-state index contributed by atoms with van der Waals surface area (Å²) in [6.07, 6.45) is 0.988. The Morgan fingerprint density at radius 1 is 1.36 bits per heavy atom. The first-order valence-electron chi connectivity index (χ1n) is 8.36. The van der Waals surface area contributed by atoms with Crippen molar-refractivity contribution in [2.75, 3.05) is 13.1 Å². The Bertz CT molecular complexity index is 742. The molecule has 2 amide bonds. The summed E-state index contributed by atoms with van der Waals surface area (Å²) in [6, 6.07) is 11.1. The average Bonchev–Trinajstić information content (AvgIpc) is 3.23. The third kappa shape index (κ3) is 4.09. The lowest BCUT2D eigenvalue weighted by Crippen LogP contribution is -2.35. The SMILES string of the molecule is Cc1ccccc1C(O)CNC(=O)C1CC(=O)N(Cc2ccco2)C1. The highest BCUT2D eigenvalue weighted by Crippen LogP contribution is 2.21. The summed E-state index contributed by atoms with van der Waals surface area (Å²) in [6.45, 7) is 2.79. The van der Waals surface area contributed by atoms with Gasteiger partial charge in [-0.3, -0.25) is 9.59 Å². The highest BCUT2D eigenvalue weighted by Gasteiger charge is 2.34. The molecule has 2 unspecified atom stereocenters. The first-order valence-corrected chi connectivity index (χ1v) is 8.36. The van der Waals surface area contributed by atoms with Crippen LogP contribution in [0.1, 0.15) is 29.4 Å². The predicted octanol–water partition coefficient (Wildman–Crippen LogP) is 1.79. The molecule has 1 saturated heterocycles. The number of likely N-dealkylation sites (tertiary alicyclic amines) is 1. The Kier molecular flexibility index (Phi) is 5.19. The van der Waals surface area contributed by atoms with E-state index in [4.69, 9.17) is 4.42 Å². The third-order valence-corrected chi connectivity index (χ3v) is 4.53. The van der Waals surface area contributed by atoms with Crippen molar-refractivity contribution in [2.24, 2.45) is 5.92 Å². The van der Waals surface area contributed by atoms with Gasteiger partial charge in [0.15, 0.2) is 0 Å². The highest BCUT2D eigenvalue weighted by atomic mass is 16.3.